The van der Waals surface area contributed by atoms with E-state index in [9.17, 15) is 9.59 Å². The van der Waals surface area contributed by atoms with E-state index in [1.54, 1.807) is 11.0 Å². The van der Waals surface area contributed by atoms with Gasteiger partial charge in [0.1, 0.15) is 0 Å². The maximum atomic E-state index is 12.7. The zero-order valence-corrected chi connectivity index (χ0v) is 12.6. The fourth-order valence-corrected chi connectivity index (χ4v) is 2.77. The summed E-state index contributed by atoms with van der Waals surface area (Å²) in [5, 5.41) is 12.3. The highest BCUT2D eigenvalue weighted by molar-refractivity contribution is 6.00. The van der Waals surface area contributed by atoms with Crippen LogP contribution in [0.25, 0.3) is 0 Å². The van der Waals surface area contributed by atoms with Crippen molar-refractivity contribution in [2.24, 2.45) is 5.92 Å². The highest BCUT2D eigenvalue weighted by Crippen LogP contribution is 2.25. The summed E-state index contributed by atoms with van der Waals surface area (Å²) in [6, 6.07) is 16.9. The molecule has 0 aromatic heterocycles. The second-order valence-electron chi connectivity index (χ2n) is 5.61. The molecule has 0 bridgehead atoms. The zero-order valence-electron chi connectivity index (χ0n) is 12.6. The van der Waals surface area contributed by atoms with Crippen molar-refractivity contribution in [1.29, 1.82) is 0 Å². The molecule has 1 atom stereocenters. The van der Waals surface area contributed by atoms with E-state index in [-0.39, 0.29) is 12.5 Å². The molecule has 0 spiro atoms. The van der Waals surface area contributed by atoms with Crippen molar-refractivity contribution >= 4 is 23.3 Å². The van der Waals surface area contributed by atoms with Gasteiger partial charge in [-0.3, -0.25) is 9.59 Å². The van der Waals surface area contributed by atoms with Crippen molar-refractivity contribution in [1.82, 2.24) is 4.90 Å². The van der Waals surface area contributed by atoms with Crippen LogP contribution < -0.4 is 5.32 Å². The molecule has 5 heteroatoms. The van der Waals surface area contributed by atoms with Crippen LogP contribution in [-0.4, -0.2) is 35.0 Å². The number of hydrogen-bond donors (Lipinski definition) is 2. The minimum absolute atomic E-state index is 0.132. The van der Waals surface area contributed by atoms with Crippen LogP contribution >= 0.6 is 0 Å². The molecule has 1 aliphatic heterocycles. The van der Waals surface area contributed by atoms with Gasteiger partial charge in [0.15, 0.2) is 0 Å². The fourth-order valence-electron chi connectivity index (χ4n) is 2.77. The third-order valence-corrected chi connectivity index (χ3v) is 4.03. The standard InChI is InChI=1S/C18H18N2O3/c21-17(20-11-10-13(12-20)18(22)23)15-8-4-5-9-16(15)19-14-6-2-1-3-7-14/h1-9,13,19H,10-12H2,(H,22,23). The summed E-state index contributed by atoms with van der Waals surface area (Å²) >= 11 is 0. The Kier molecular flexibility index (Phi) is 4.28. The van der Waals surface area contributed by atoms with Crippen molar-refractivity contribution in [2.75, 3.05) is 18.4 Å². The Balaban J connectivity index is 1.80. The summed E-state index contributed by atoms with van der Waals surface area (Å²) in [5.41, 5.74) is 2.18. The van der Waals surface area contributed by atoms with Crippen molar-refractivity contribution in [3.63, 3.8) is 0 Å². The molecule has 2 N–H and O–H groups in total. The molecule has 0 saturated carbocycles. The third kappa shape index (κ3) is 3.34. The van der Waals surface area contributed by atoms with E-state index in [0.29, 0.717) is 18.5 Å². The van der Waals surface area contributed by atoms with Gasteiger partial charge in [-0.1, -0.05) is 30.3 Å². The number of aliphatic carboxylic acids is 1. The first kappa shape index (κ1) is 15.1. The second kappa shape index (κ2) is 6.52. The number of para-hydroxylation sites is 2. The number of nitrogens with one attached hydrogen (secondary N) is 1. The van der Waals surface area contributed by atoms with Gasteiger partial charge in [-0.2, -0.15) is 0 Å². The molecule has 1 fully saturated rings. The Morgan fingerprint density at radius 2 is 1.74 bits per heavy atom. The Morgan fingerprint density at radius 3 is 2.43 bits per heavy atom. The molecule has 3 rings (SSSR count). The predicted octanol–water partition coefficient (Wildman–Crippen LogP) is 2.98. The largest absolute Gasteiger partial charge is 0.481 e. The monoisotopic (exact) mass is 310 g/mol. The van der Waals surface area contributed by atoms with Crippen LogP contribution in [0.3, 0.4) is 0 Å². The molecule has 23 heavy (non-hydrogen) atoms. The van der Waals surface area contributed by atoms with E-state index in [0.717, 1.165) is 11.4 Å². The molecule has 1 amide bonds. The number of likely N-dealkylation sites (tertiary alicyclic amines) is 1. The lowest BCUT2D eigenvalue weighted by Gasteiger charge is -2.18. The highest BCUT2D eigenvalue weighted by atomic mass is 16.4. The van der Waals surface area contributed by atoms with Gasteiger partial charge in [0.25, 0.3) is 5.91 Å². The van der Waals surface area contributed by atoms with Gasteiger partial charge in [-0.15, -0.1) is 0 Å². The molecule has 5 nitrogen and oxygen atoms in total. The van der Waals surface area contributed by atoms with Crippen LogP contribution in [0.4, 0.5) is 11.4 Å². The molecular formula is C18H18N2O3. The second-order valence-corrected chi connectivity index (χ2v) is 5.61. The van der Waals surface area contributed by atoms with Crippen molar-refractivity contribution < 1.29 is 14.7 Å². The number of rotatable bonds is 4. The predicted molar refractivity (Wildman–Crippen MR) is 87.8 cm³/mol. The first-order chi connectivity index (χ1) is 11.1. The van der Waals surface area contributed by atoms with Gasteiger partial charge < -0.3 is 15.3 Å². The van der Waals surface area contributed by atoms with Crippen LogP contribution in [0.1, 0.15) is 16.8 Å². The molecule has 1 unspecified atom stereocenters. The molecule has 2 aromatic rings. The van der Waals surface area contributed by atoms with E-state index in [1.807, 2.05) is 48.5 Å². The van der Waals surface area contributed by atoms with E-state index >= 15 is 0 Å². The first-order valence-corrected chi connectivity index (χ1v) is 7.58. The minimum atomic E-state index is -0.837. The van der Waals surface area contributed by atoms with Crippen molar-refractivity contribution in [3.05, 3.63) is 60.2 Å². The molecular weight excluding hydrogens is 292 g/mol. The van der Waals surface area contributed by atoms with E-state index in [1.165, 1.54) is 0 Å². The number of carboxylic acids is 1. The molecule has 1 aliphatic rings. The van der Waals surface area contributed by atoms with E-state index in [4.69, 9.17) is 5.11 Å². The number of benzene rings is 2. The molecule has 1 heterocycles. The van der Waals surface area contributed by atoms with Gasteiger partial charge in [-0.05, 0) is 30.7 Å². The summed E-state index contributed by atoms with van der Waals surface area (Å²) in [4.78, 5) is 25.4. The Morgan fingerprint density at radius 1 is 1.04 bits per heavy atom. The van der Waals surface area contributed by atoms with Crippen LogP contribution in [-0.2, 0) is 4.79 Å². The maximum absolute atomic E-state index is 12.7. The van der Waals surface area contributed by atoms with E-state index < -0.39 is 11.9 Å². The number of nitrogens with zero attached hydrogens (tertiary/aromatic N) is 1. The molecule has 2 aromatic carbocycles. The van der Waals surface area contributed by atoms with Crippen molar-refractivity contribution in [2.45, 2.75) is 6.42 Å². The van der Waals surface area contributed by atoms with Crippen LogP contribution in [0.2, 0.25) is 0 Å². The maximum Gasteiger partial charge on any atom is 0.308 e. The van der Waals surface area contributed by atoms with Crippen LogP contribution in [0, 0.1) is 5.92 Å². The average molecular weight is 310 g/mol. The summed E-state index contributed by atoms with van der Waals surface area (Å²) in [5.74, 6) is -1.43. The number of carbonyl (C=O) groups excluding carboxylic acids is 1. The highest BCUT2D eigenvalue weighted by Gasteiger charge is 2.31. The topological polar surface area (TPSA) is 69.6 Å². The number of carboxylic acid groups (broad SMARTS) is 1. The number of hydrogen-bond acceptors (Lipinski definition) is 3. The lowest BCUT2D eigenvalue weighted by molar-refractivity contribution is -0.141. The summed E-state index contributed by atoms with van der Waals surface area (Å²) in [6.07, 6.45) is 0.509. The summed E-state index contributed by atoms with van der Waals surface area (Å²) in [7, 11) is 0. The van der Waals surface area contributed by atoms with Crippen LogP contribution in [0.5, 0.6) is 0 Å². The smallest absolute Gasteiger partial charge is 0.308 e. The third-order valence-electron chi connectivity index (χ3n) is 4.03. The van der Waals surface area contributed by atoms with E-state index in [2.05, 4.69) is 5.32 Å². The molecule has 118 valence electrons. The zero-order chi connectivity index (χ0) is 16.2. The quantitative estimate of drug-likeness (QED) is 0.911. The Labute approximate surface area is 134 Å². The number of amides is 1. The fraction of sp³-hybridized carbons (Fsp3) is 0.222. The van der Waals surface area contributed by atoms with Gasteiger partial charge >= 0.3 is 5.97 Å². The Hall–Kier alpha value is -2.82. The molecule has 0 radical (unpaired) electrons. The van der Waals surface area contributed by atoms with Crippen molar-refractivity contribution in [3.8, 4) is 0 Å². The number of anilines is 2. The number of carbonyl (C=O) groups is 2. The first-order valence-electron chi connectivity index (χ1n) is 7.58. The Bertz CT molecular complexity index is 715. The summed E-state index contributed by atoms with van der Waals surface area (Å²) < 4.78 is 0. The lowest BCUT2D eigenvalue weighted by atomic mass is 10.1. The van der Waals surface area contributed by atoms with Gasteiger partial charge in [0.2, 0.25) is 0 Å². The van der Waals surface area contributed by atoms with Crippen LogP contribution in [0.15, 0.2) is 54.6 Å². The normalized spacial score (nSPS) is 17.0. The van der Waals surface area contributed by atoms with Gasteiger partial charge in [-0.25, -0.2) is 0 Å². The van der Waals surface area contributed by atoms with Gasteiger partial charge in [0.05, 0.1) is 17.2 Å². The SMILES string of the molecule is O=C(O)C1CCN(C(=O)c2ccccc2Nc2ccccc2)C1. The van der Waals surface area contributed by atoms with Gasteiger partial charge in [0, 0.05) is 18.8 Å². The molecule has 0 aliphatic carbocycles. The lowest BCUT2D eigenvalue weighted by Crippen LogP contribution is -2.30. The summed E-state index contributed by atoms with van der Waals surface area (Å²) in [6.45, 7) is 0.753. The molecule has 1 saturated heterocycles. The minimum Gasteiger partial charge on any atom is -0.481 e. The average Bonchev–Trinajstić information content (AvgIpc) is 3.06.